The number of aliphatic hydroxyl groups is 1. The van der Waals surface area contributed by atoms with Gasteiger partial charge in [0.2, 0.25) is 5.91 Å². The van der Waals surface area contributed by atoms with Crippen molar-refractivity contribution in [3.8, 4) is 0 Å². The van der Waals surface area contributed by atoms with E-state index in [0.29, 0.717) is 6.42 Å². The minimum Gasteiger partial charge on any atom is -0.387 e. The zero-order valence-electron chi connectivity index (χ0n) is 39.9. The zero-order chi connectivity index (χ0) is 44.6. The van der Waals surface area contributed by atoms with Crippen molar-refractivity contribution in [2.45, 2.75) is 257 Å². The van der Waals surface area contributed by atoms with Crippen molar-refractivity contribution >= 4 is 13.7 Å². The number of aliphatic hydroxyl groups excluding tert-OH is 1. The molecule has 0 heterocycles. The fourth-order valence-electron chi connectivity index (χ4n) is 7.45. The van der Waals surface area contributed by atoms with Crippen molar-refractivity contribution in [1.29, 1.82) is 0 Å². The molecule has 0 aromatic carbocycles. The van der Waals surface area contributed by atoms with Gasteiger partial charge >= 0.3 is 7.82 Å². The number of hydrogen-bond acceptors (Lipinski definition) is 6. The number of allylic oxidation sites excluding steroid dienone is 7. The second-order valence-corrected chi connectivity index (χ2v) is 18.8. The summed E-state index contributed by atoms with van der Waals surface area (Å²) in [4.78, 5) is 22.8. The molecule has 9 heteroatoms. The predicted molar refractivity (Wildman–Crippen MR) is 263 cm³/mol. The van der Waals surface area contributed by atoms with Crippen molar-refractivity contribution in [1.82, 2.24) is 5.32 Å². The Hall–Kier alpha value is -1.54. The van der Waals surface area contributed by atoms with Gasteiger partial charge in [-0.3, -0.25) is 13.8 Å². The Kier molecular flexibility index (Phi) is 46.7. The molecule has 3 atom stereocenters. The first kappa shape index (κ1) is 59.5. The van der Waals surface area contributed by atoms with E-state index in [1.807, 2.05) is 6.08 Å². The maximum atomic E-state index is 12.8. The molecule has 0 fully saturated rings. The summed E-state index contributed by atoms with van der Waals surface area (Å²) in [5.74, 6) is -0.209. The largest absolute Gasteiger partial charge is 0.472 e. The summed E-state index contributed by atoms with van der Waals surface area (Å²) in [6.07, 6.45) is 60.4. The number of nitrogens with one attached hydrogen (secondary N) is 1. The maximum absolute atomic E-state index is 12.8. The molecule has 5 N–H and O–H groups in total. The van der Waals surface area contributed by atoms with E-state index in [9.17, 15) is 19.4 Å². The lowest BCUT2D eigenvalue weighted by molar-refractivity contribution is -0.123. The summed E-state index contributed by atoms with van der Waals surface area (Å²) in [6, 6.07) is -0.886. The van der Waals surface area contributed by atoms with Gasteiger partial charge in [0.05, 0.1) is 25.4 Å². The Labute approximate surface area is 377 Å². The van der Waals surface area contributed by atoms with Crippen LogP contribution in [0, 0.1) is 0 Å². The standard InChI is InChI=1S/C52H99N2O6P/c1-3-5-7-9-11-13-15-17-19-21-23-25-27-29-31-33-35-37-39-41-43-45-51(55)50(49-60-61(57,58)59-48-47-53)54-52(56)46-44-42-40-38-36-34-32-30-28-26-24-22-20-18-16-14-12-10-8-6-4-2/h22,24,27,29,35,37,43,45,50-51,55H,3-21,23,25-26,28,30-34,36,38-42,44,46-49,53H2,1-2H3,(H,54,56)(H,57,58)/b24-22-,29-27+,37-35+,45-43+. The number of amides is 1. The summed E-state index contributed by atoms with van der Waals surface area (Å²) >= 11 is 0. The minimum atomic E-state index is -4.36. The van der Waals surface area contributed by atoms with Gasteiger partial charge in [0.1, 0.15) is 0 Å². The van der Waals surface area contributed by atoms with Crippen molar-refractivity contribution in [2.75, 3.05) is 19.8 Å². The van der Waals surface area contributed by atoms with Gasteiger partial charge in [0, 0.05) is 13.0 Å². The lowest BCUT2D eigenvalue weighted by atomic mass is 10.0. The molecule has 0 aliphatic heterocycles. The number of hydrogen-bond donors (Lipinski definition) is 4. The molecule has 1 amide bonds. The summed E-state index contributed by atoms with van der Waals surface area (Å²) in [7, 11) is -4.36. The predicted octanol–water partition coefficient (Wildman–Crippen LogP) is 15.2. The van der Waals surface area contributed by atoms with Crippen LogP contribution in [0.5, 0.6) is 0 Å². The van der Waals surface area contributed by atoms with Crippen LogP contribution in [-0.2, 0) is 18.4 Å². The van der Waals surface area contributed by atoms with Gasteiger partial charge < -0.3 is 21.1 Å². The van der Waals surface area contributed by atoms with Crippen molar-refractivity contribution < 1.29 is 28.4 Å². The molecule has 0 radical (unpaired) electrons. The third-order valence-corrected chi connectivity index (χ3v) is 12.3. The number of carbonyl (C=O) groups excluding carboxylic acids is 1. The molecule has 0 aliphatic carbocycles. The number of nitrogens with two attached hydrogens (primary N) is 1. The van der Waals surface area contributed by atoms with Crippen molar-refractivity contribution in [2.24, 2.45) is 5.73 Å². The average Bonchev–Trinajstić information content (AvgIpc) is 3.25. The topological polar surface area (TPSA) is 131 Å². The SMILES string of the molecule is CCCCCCCCCC/C=C\CCCCCCCCCCCC(=O)NC(COP(=O)(O)OCCN)C(O)/C=C/CC/C=C/CC/C=C/CCCCCCCCCCCCC. The third-order valence-electron chi connectivity index (χ3n) is 11.4. The van der Waals surface area contributed by atoms with Crippen molar-refractivity contribution in [3.05, 3.63) is 48.6 Å². The van der Waals surface area contributed by atoms with E-state index in [0.717, 1.165) is 44.9 Å². The summed E-state index contributed by atoms with van der Waals surface area (Å²) < 4.78 is 22.2. The molecule has 61 heavy (non-hydrogen) atoms. The van der Waals surface area contributed by atoms with Gasteiger partial charge in [-0.15, -0.1) is 0 Å². The third kappa shape index (κ3) is 46.3. The zero-order valence-corrected chi connectivity index (χ0v) is 40.8. The molecule has 358 valence electrons. The number of phosphoric ester groups is 1. The fourth-order valence-corrected chi connectivity index (χ4v) is 8.21. The Morgan fingerprint density at radius 1 is 0.525 bits per heavy atom. The van der Waals surface area contributed by atoms with E-state index < -0.39 is 20.0 Å². The van der Waals surface area contributed by atoms with Crippen LogP contribution in [0.25, 0.3) is 0 Å². The molecule has 0 saturated carbocycles. The van der Waals surface area contributed by atoms with Gasteiger partial charge in [-0.25, -0.2) is 4.57 Å². The fraction of sp³-hybridized carbons (Fsp3) is 0.827. The lowest BCUT2D eigenvalue weighted by Gasteiger charge is -2.23. The first-order valence-corrected chi connectivity index (χ1v) is 27.3. The smallest absolute Gasteiger partial charge is 0.387 e. The molecule has 0 saturated heterocycles. The summed E-state index contributed by atoms with van der Waals surface area (Å²) in [5.41, 5.74) is 5.39. The molecular weight excluding hydrogens is 780 g/mol. The van der Waals surface area contributed by atoms with Crippen LogP contribution >= 0.6 is 7.82 Å². The number of rotatable bonds is 48. The molecule has 0 bridgehead atoms. The average molecular weight is 879 g/mol. The lowest BCUT2D eigenvalue weighted by Crippen LogP contribution is -2.45. The highest BCUT2D eigenvalue weighted by Crippen LogP contribution is 2.43. The van der Waals surface area contributed by atoms with E-state index in [4.69, 9.17) is 14.8 Å². The van der Waals surface area contributed by atoms with Gasteiger partial charge in [-0.1, -0.05) is 217 Å². The monoisotopic (exact) mass is 879 g/mol. The van der Waals surface area contributed by atoms with Gasteiger partial charge in [-0.05, 0) is 70.6 Å². The number of phosphoric acid groups is 1. The molecule has 0 aromatic rings. The second-order valence-electron chi connectivity index (χ2n) is 17.4. The summed E-state index contributed by atoms with van der Waals surface area (Å²) in [5, 5.41) is 13.7. The molecule has 8 nitrogen and oxygen atoms in total. The van der Waals surface area contributed by atoms with Crippen LogP contribution in [0.4, 0.5) is 0 Å². The molecule has 0 aliphatic rings. The first-order chi connectivity index (χ1) is 29.9. The van der Waals surface area contributed by atoms with Crippen LogP contribution < -0.4 is 11.1 Å². The first-order valence-electron chi connectivity index (χ1n) is 25.8. The Morgan fingerprint density at radius 3 is 1.26 bits per heavy atom. The van der Waals surface area contributed by atoms with Crippen LogP contribution in [0.3, 0.4) is 0 Å². The highest BCUT2D eigenvalue weighted by atomic mass is 31.2. The maximum Gasteiger partial charge on any atom is 0.472 e. The van der Waals surface area contributed by atoms with Crippen LogP contribution in [0.15, 0.2) is 48.6 Å². The van der Waals surface area contributed by atoms with E-state index in [1.165, 1.54) is 180 Å². The normalized spacial score (nSPS) is 14.2. The van der Waals surface area contributed by atoms with E-state index >= 15 is 0 Å². The highest BCUT2D eigenvalue weighted by Gasteiger charge is 2.26. The number of carbonyl (C=O) groups is 1. The van der Waals surface area contributed by atoms with Crippen molar-refractivity contribution in [3.63, 3.8) is 0 Å². The Balaban J connectivity index is 4.17. The highest BCUT2D eigenvalue weighted by molar-refractivity contribution is 7.47. The van der Waals surface area contributed by atoms with E-state index in [1.54, 1.807) is 6.08 Å². The molecule has 0 spiro atoms. The molecule has 0 aromatic heterocycles. The Bertz CT molecular complexity index is 1100. The van der Waals surface area contributed by atoms with Crippen LogP contribution in [-0.4, -0.2) is 47.8 Å². The molecular formula is C52H99N2O6P. The van der Waals surface area contributed by atoms with Gasteiger partial charge in [0.15, 0.2) is 0 Å². The van der Waals surface area contributed by atoms with Crippen LogP contribution in [0.2, 0.25) is 0 Å². The van der Waals surface area contributed by atoms with E-state index in [-0.39, 0.29) is 25.7 Å². The van der Waals surface area contributed by atoms with Crippen LogP contribution in [0.1, 0.15) is 245 Å². The number of unbranched alkanes of at least 4 members (excludes halogenated alkanes) is 30. The van der Waals surface area contributed by atoms with Gasteiger partial charge in [0.25, 0.3) is 0 Å². The quantitative estimate of drug-likeness (QED) is 0.0272. The van der Waals surface area contributed by atoms with Gasteiger partial charge in [-0.2, -0.15) is 0 Å². The summed E-state index contributed by atoms with van der Waals surface area (Å²) in [6.45, 7) is 4.13. The molecule has 3 unspecified atom stereocenters. The van der Waals surface area contributed by atoms with E-state index in [2.05, 4.69) is 55.6 Å². The minimum absolute atomic E-state index is 0.0708. The second kappa shape index (κ2) is 47.9. The Morgan fingerprint density at radius 2 is 0.869 bits per heavy atom. The molecule has 0 rings (SSSR count).